The predicted octanol–water partition coefficient (Wildman–Crippen LogP) is 1.20. The van der Waals surface area contributed by atoms with Crippen molar-refractivity contribution in [3.8, 4) is 0 Å². The van der Waals surface area contributed by atoms with Crippen LogP contribution in [0.4, 0.5) is 0 Å². The molecule has 0 aromatic carbocycles. The van der Waals surface area contributed by atoms with Gasteiger partial charge in [-0.1, -0.05) is 0 Å². The Kier molecular flexibility index (Phi) is 4.45. The number of rotatable bonds is 6. The van der Waals surface area contributed by atoms with E-state index in [1.54, 1.807) is 6.92 Å². The molecule has 1 rings (SSSR count). The van der Waals surface area contributed by atoms with Crippen LogP contribution >= 0.6 is 11.3 Å². The Balaban J connectivity index is 2.56. The van der Waals surface area contributed by atoms with Gasteiger partial charge in [0.2, 0.25) is 10.0 Å². The number of hydrogen-bond acceptors (Lipinski definition) is 4. The molecule has 1 aromatic rings. The molecule has 0 aliphatic heterocycles. The third-order valence-corrected chi connectivity index (χ3v) is 4.14. The molecule has 2 N–H and O–H groups in total. The van der Waals surface area contributed by atoms with Crippen LogP contribution in [-0.2, 0) is 14.8 Å². The lowest BCUT2D eigenvalue weighted by Gasteiger charge is -2.12. The minimum Gasteiger partial charge on any atom is -0.481 e. The van der Waals surface area contributed by atoms with Gasteiger partial charge in [-0.3, -0.25) is 4.79 Å². The molecule has 1 unspecified atom stereocenters. The molecule has 0 aliphatic carbocycles. The Morgan fingerprint density at radius 2 is 2.31 bits per heavy atom. The number of sulfonamides is 1. The van der Waals surface area contributed by atoms with Crippen LogP contribution in [0.2, 0.25) is 0 Å². The lowest BCUT2D eigenvalue weighted by atomic mass is 10.2. The third kappa shape index (κ3) is 4.30. The number of hydrogen-bond donors (Lipinski definition) is 2. The topological polar surface area (TPSA) is 83.5 Å². The zero-order valence-electron chi connectivity index (χ0n) is 8.71. The standard InChI is InChI=1S/C9H13NO4S2/c1-7(8-2-4-15-6-8)10-16(13,14)5-3-9(11)12/h2,4,6-7,10H,3,5H2,1H3,(H,11,12). The van der Waals surface area contributed by atoms with E-state index in [0.29, 0.717) is 0 Å². The van der Waals surface area contributed by atoms with E-state index in [1.807, 2.05) is 16.8 Å². The van der Waals surface area contributed by atoms with E-state index in [4.69, 9.17) is 5.11 Å². The van der Waals surface area contributed by atoms with Crippen molar-refractivity contribution in [2.45, 2.75) is 19.4 Å². The van der Waals surface area contributed by atoms with Crippen molar-refractivity contribution >= 4 is 27.3 Å². The molecular weight excluding hydrogens is 250 g/mol. The number of nitrogens with one attached hydrogen (secondary N) is 1. The molecule has 1 atom stereocenters. The van der Waals surface area contributed by atoms with Gasteiger partial charge in [-0.25, -0.2) is 13.1 Å². The minimum atomic E-state index is -3.53. The van der Waals surface area contributed by atoms with Gasteiger partial charge < -0.3 is 5.11 Å². The maximum absolute atomic E-state index is 11.5. The first-order chi connectivity index (χ1) is 7.41. The summed E-state index contributed by atoms with van der Waals surface area (Å²) in [5.41, 5.74) is 0.879. The van der Waals surface area contributed by atoms with Crippen LogP contribution in [0, 0.1) is 0 Å². The van der Waals surface area contributed by atoms with Crippen molar-refractivity contribution in [1.82, 2.24) is 4.72 Å². The van der Waals surface area contributed by atoms with Crippen LogP contribution in [0.15, 0.2) is 16.8 Å². The molecule has 16 heavy (non-hydrogen) atoms. The second-order valence-corrected chi connectivity index (χ2v) is 6.01. The maximum atomic E-state index is 11.5. The lowest BCUT2D eigenvalue weighted by molar-refractivity contribution is -0.136. The van der Waals surface area contributed by atoms with E-state index in [9.17, 15) is 13.2 Å². The van der Waals surface area contributed by atoms with Gasteiger partial charge in [-0.05, 0) is 29.3 Å². The minimum absolute atomic E-state index is 0.329. The van der Waals surface area contributed by atoms with Gasteiger partial charge in [0.1, 0.15) is 0 Å². The Morgan fingerprint density at radius 1 is 1.62 bits per heavy atom. The van der Waals surface area contributed by atoms with E-state index in [1.165, 1.54) is 11.3 Å². The van der Waals surface area contributed by atoms with Gasteiger partial charge in [0.25, 0.3) is 0 Å². The maximum Gasteiger partial charge on any atom is 0.304 e. The highest BCUT2D eigenvalue weighted by Gasteiger charge is 2.17. The van der Waals surface area contributed by atoms with Gasteiger partial charge >= 0.3 is 5.97 Å². The van der Waals surface area contributed by atoms with Crippen LogP contribution in [0.1, 0.15) is 24.9 Å². The molecular formula is C9H13NO4S2. The summed E-state index contributed by atoms with van der Waals surface area (Å²) in [5.74, 6) is -1.51. The smallest absolute Gasteiger partial charge is 0.304 e. The summed E-state index contributed by atoms with van der Waals surface area (Å²) in [6, 6.07) is 1.50. The molecule has 0 aliphatic rings. The second kappa shape index (κ2) is 5.42. The zero-order valence-corrected chi connectivity index (χ0v) is 10.3. The fourth-order valence-corrected chi connectivity index (χ4v) is 3.13. The zero-order chi connectivity index (χ0) is 12.2. The van der Waals surface area contributed by atoms with Crippen molar-refractivity contribution < 1.29 is 18.3 Å². The van der Waals surface area contributed by atoms with Crippen molar-refractivity contribution in [1.29, 1.82) is 0 Å². The van der Waals surface area contributed by atoms with Gasteiger partial charge in [-0.15, -0.1) is 0 Å². The number of carbonyl (C=O) groups is 1. The van der Waals surface area contributed by atoms with E-state index in [0.717, 1.165) is 5.56 Å². The average molecular weight is 263 g/mol. The number of thiophene rings is 1. The van der Waals surface area contributed by atoms with Crippen molar-refractivity contribution in [2.24, 2.45) is 0 Å². The number of carboxylic acid groups (broad SMARTS) is 1. The molecule has 0 fully saturated rings. The van der Waals surface area contributed by atoms with Crippen LogP contribution < -0.4 is 4.72 Å². The third-order valence-electron chi connectivity index (χ3n) is 1.98. The fourth-order valence-electron chi connectivity index (χ4n) is 1.14. The molecule has 0 amide bonds. The molecule has 5 nitrogen and oxygen atoms in total. The molecule has 7 heteroatoms. The molecule has 0 saturated carbocycles. The first-order valence-electron chi connectivity index (χ1n) is 4.64. The summed E-state index contributed by atoms with van der Waals surface area (Å²) >= 11 is 1.48. The normalized spacial score (nSPS) is 13.6. The number of carboxylic acids is 1. The highest BCUT2D eigenvalue weighted by atomic mass is 32.2. The number of aliphatic carboxylic acids is 1. The summed E-state index contributed by atoms with van der Waals surface area (Å²) in [6.07, 6.45) is -0.383. The Hall–Kier alpha value is -0.920. The van der Waals surface area contributed by atoms with Crippen LogP contribution in [0.25, 0.3) is 0 Å². The summed E-state index contributed by atoms with van der Waals surface area (Å²) in [6.45, 7) is 1.72. The molecule has 0 saturated heterocycles. The monoisotopic (exact) mass is 263 g/mol. The van der Waals surface area contributed by atoms with E-state index < -0.39 is 21.7 Å². The van der Waals surface area contributed by atoms with E-state index in [2.05, 4.69) is 4.72 Å². The summed E-state index contributed by atoms with van der Waals surface area (Å²) in [4.78, 5) is 10.3. The summed E-state index contributed by atoms with van der Waals surface area (Å²) in [7, 11) is -3.53. The van der Waals surface area contributed by atoms with Gasteiger partial charge in [-0.2, -0.15) is 11.3 Å². The molecule has 1 aromatic heterocycles. The van der Waals surface area contributed by atoms with Gasteiger partial charge in [0, 0.05) is 6.04 Å². The highest BCUT2D eigenvalue weighted by molar-refractivity contribution is 7.89. The van der Waals surface area contributed by atoms with Crippen molar-refractivity contribution in [2.75, 3.05) is 5.75 Å². The molecule has 0 radical (unpaired) electrons. The quantitative estimate of drug-likeness (QED) is 0.808. The summed E-state index contributed by atoms with van der Waals surface area (Å²) in [5, 5.41) is 12.1. The fraction of sp³-hybridized carbons (Fsp3) is 0.444. The predicted molar refractivity (Wildman–Crippen MR) is 61.9 cm³/mol. The van der Waals surface area contributed by atoms with Crippen LogP contribution in [0.3, 0.4) is 0 Å². The largest absolute Gasteiger partial charge is 0.481 e. The van der Waals surface area contributed by atoms with Crippen molar-refractivity contribution in [3.63, 3.8) is 0 Å². The summed E-state index contributed by atoms with van der Waals surface area (Å²) < 4.78 is 25.4. The van der Waals surface area contributed by atoms with Crippen LogP contribution in [0.5, 0.6) is 0 Å². The molecule has 1 heterocycles. The van der Waals surface area contributed by atoms with Gasteiger partial charge in [0.05, 0.1) is 12.2 Å². The Labute approximate surface area is 98.2 Å². The first kappa shape index (κ1) is 13.1. The van der Waals surface area contributed by atoms with E-state index in [-0.39, 0.29) is 12.5 Å². The molecule has 0 spiro atoms. The SMILES string of the molecule is CC(NS(=O)(=O)CCC(=O)O)c1ccsc1. The lowest BCUT2D eigenvalue weighted by Crippen LogP contribution is -2.29. The Morgan fingerprint density at radius 3 is 2.81 bits per heavy atom. The van der Waals surface area contributed by atoms with E-state index >= 15 is 0 Å². The molecule has 0 bridgehead atoms. The molecule has 90 valence electrons. The first-order valence-corrected chi connectivity index (χ1v) is 7.24. The Bertz CT molecular complexity index is 438. The van der Waals surface area contributed by atoms with Crippen LogP contribution in [-0.4, -0.2) is 25.2 Å². The highest BCUT2D eigenvalue weighted by Crippen LogP contribution is 2.16. The average Bonchev–Trinajstić information content (AvgIpc) is 2.67. The van der Waals surface area contributed by atoms with Crippen molar-refractivity contribution in [3.05, 3.63) is 22.4 Å². The second-order valence-electron chi connectivity index (χ2n) is 3.36. The van der Waals surface area contributed by atoms with Gasteiger partial charge in [0.15, 0.2) is 0 Å².